The molecule has 3 rings (SSSR count). The monoisotopic (exact) mass is 599 g/mol. The van der Waals surface area contributed by atoms with Gasteiger partial charge < -0.3 is 10.2 Å². The van der Waals surface area contributed by atoms with Crippen molar-refractivity contribution >= 4 is 43.5 Å². The van der Waals surface area contributed by atoms with Crippen LogP contribution in [0.2, 0.25) is 0 Å². The van der Waals surface area contributed by atoms with Gasteiger partial charge in [0.2, 0.25) is 11.8 Å². The van der Waals surface area contributed by atoms with Crippen molar-refractivity contribution in [1.29, 1.82) is 0 Å². The number of aryl methyl sites for hydroxylation is 1. The molecule has 3 aromatic carbocycles. The average Bonchev–Trinajstić information content (AvgIpc) is 2.88. The van der Waals surface area contributed by atoms with Gasteiger partial charge >= 0.3 is 0 Å². The Morgan fingerprint density at radius 1 is 0.947 bits per heavy atom. The Kier molecular flexibility index (Phi) is 10.1. The van der Waals surface area contributed by atoms with Crippen molar-refractivity contribution in [3.8, 4) is 0 Å². The van der Waals surface area contributed by atoms with Gasteiger partial charge in [-0.3, -0.25) is 13.9 Å². The van der Waals surface area contributed by atoms with E-state index >= 15 is 0 Å². The second kappa shape index (κ2) is 13.1. The minimum atomic E-state index is -4.09. The number of amides is 2. The van der Waals surface area contributed by atoms with Crippen molar-refractivity contribution < 1.29 is 18.0 Å². The first-order valence-corrected chi connectivity index (χ1v) is 14.8. The predicted molar refractivity (Wildman–Crippen MR) is 154 cm³/mol. The van der Waals surface area contributed by atoms with Gasteiger partial charge in [0.05, 0.1) is 10.6 Å². The Hall–Kier alpha value is -3.17. The first kappa shape index (κ1) is 29.4. The largest absolute Gasteiger partial charge is 0.352 e. The van der Waals surface area contributed by atoms with Gasteiger partial charge in [0.15, 0.2) is 0 Å². The molecule has 0 bridgehead atoms. The first-order chi connectivity index (χ1) is 18.0. The standard InChI is InChI=1S/C29H34BrN3O4S/c1-5-27(29(35)31-21(2)3)32(19-23-13-10-9-12-22(23)4)28(34)20-33(25-15-11-14-24(30)18-25)38(36,37)26-16-7-6-8-17-26/h6-18,21,27H,5,19-20H2,1-4H3,(H,31,35). The molecule has 1 N–H and O–H groups in total. The van der Waals surface area contributed by atoms with E-state index in [-0.39, 0.29) is 23.4 Å². The highest BCUT2D eigenvalue weighted by molar-refractivity contribution is 9.10. The number of hydrogen-bond acceptors (Lipinski definition) is 4. The summed E-state index contributed by atoms with van der Waals surface area (Å²) in [4.78, 5) is 28.8. The summed E-state index contributed by atoms with van der Waals surface area (Å²) in [6, 6.07) is 21.6. The van der Waals surface area contributed by atoms with Crippen LogP contribution in [-0.2, 0) is 26.2 Å². The zero-order valence-electron chi connectivity index (χ0n) is 22.1. The van der Waals surface area contributed by atoms with Gasteiger partial charge in [-0.2, -0.15) is 0 Å². The zero-order valence-corrected chi connectivity index (χ0v) is 24.5. The van der Waals surface area contributed by atoms with E-state index < -0.39 is 28.5 Å². The highest BCUT2D eigenvalue weighted by Crippen LogP contribution is 2.27. The fourth-order valence-electron chi connectivity index (χ4n) is 4.15. The minimum absolute atomic E-state index is 0.0721. The van der Waals surface area contributed by atoms with Gasteiger partial charge in [-0.05, 0) is 68.7 Å². The smallest absolute Gasteiger partial charge is 0.264 e. The Bertz CT molecular complexity index is 1360. The van der Waals surface area contributed by atoms with Crippen molar-refractivity contribution in [2.24, 2.45) is 0 Å². The summed E-state index contributed by atoms with van der Waals surface area (Å²) in [5.41, 5.74) is 2.20. The maximum atomic E-state index is 14.0. The number of carbonyl (C=O) groups is 2. The molecule has 0 spiro atoms. The van der Waals surface area contributed by atoms with E-state index in [9.17, 15) is 18.0 Å². The Morgan fingerprint density at radius 2 is 1.61 bits per heavy atom. The van der Waals surface area contributed by atoms with Crippen molar-refractivity contribution in [3.63, 3.8) is 0 Å². The number of nitrogens with one attached hydrogen (secondary N) is 1. The van der Waals surface area contributed by atoms with Gasteiger partial charge in [-0.1, -0.05) is 71.4 Å². The molecule has 0 saturated heterocycles. The van der Waals surface area contributed by atoms with Gasteiger partial charge in [-0.25, -0.2) is 8.42 Å². The lowest BCUT2D eigenvalue weighted by atomic mass is 10.1. The van der Waals surface area contributed by atoms with Crippen LogP contribution >= 0.6 is 15.9 Å². The number of benzene rings is 3. The zero-order chi connectivity index (χ0) is 27.9. The van der Waals surface area contributed by atoms with E-state index in [1.54, 1.807) is 42.5 Å². The molecule has 3 aromatic rings. The van der Waals surface area contributed by atoms with E-state index in [0.717, 1.165) is 15.4 Å². The summed E-state index contributed by atoms with van der Waals surface area (Å²) in [7, 11) is -4.09. The molecule has 1 atom stereocenters. The van der Waals surface area contributed by atoms with Gasteiger partial charge in [0.1, 0.15) is 12.6 Å². The summed E-state index contributed by atoms with van der Waals surface area (Å²) in [6.45, 7) is 7.22. The van der Waals surface area contributed by atoms with Crippen LogP contribution in [0.25, 0.3) is 0 Å². The van der Waals surface area contributed by atoms with Gasteiger partial charge in [-0.15, -0.1) is 0 Å². The molecule has 9 heteroatoms. The SMILES string of the molecule is CCC(C(=O)NC(C)C)N(Cc1ccccc1C)C(=O)CN(c1cccc(Br)c1)S(=O)(=O)c1ccccc1. The van der Waals surface area contributed by atoms with E-state index in [1.807, 2.05) is 52.0 Å². The number of carbonyl (C=O) groups excluding carboxylic acids is 2. The topological polar surface area (TPSA) is 86.8 Å². The third kappa shape index (κ3) is 7.23. The summed E-state index contributed by atoms with van der Waals surface area (Å²) < 4.78 is 29.4. The van der Waals surface area contributed by atoms with Crippen molar-refractivity contribution in [1.82, 2.24) is 10.2 Å². The molecule has 0 radical (unpaired) electrons. The van der Waals surface area contributed by atoms with Crippen LogP contribution < -0.4 is 9.62 Å². The Morgan fingerprint density at radius 3 is 2.21 bits per heavy atom. The average molecular weight is 601 g/mol. The molecular weight excluding hydrogens is 566 g/mol. The molecule has 0 aliphatic heterocycles. The molecule has 0 aliphatic rings. The molecule has 0 saturated carbocycles. The maximum Gasteiger partial charge on any atom is 0.264 e. The van der Waals surface area contributed by atoms with Crippen molar-refractivity contribution in [2.45, 2.75) is 57.6 Å². The third-order valence-electron chi connectivity index (χ3n) is 6.13. The van der Waals surface area contributed by atoms with Crippen LogP contribution in [0.3, 0.4) is 0 Å². The number of anilines is 1. The van der Waals surface area contributed by atoms with Gasteiger partial charge in [0, 0.05) is 17.1 Å². The third-order valence-corrected chi connectivity index (χ3v) is 8.41. The molecule has 0 aromatic heterocycles. The van der Waals surface area contributed by atoms with Crippen LogP contribution in [0.15, 0.2) is 88.2 Å². The lowest BCUT2D eigenvalue weighted by Gasteiger charge is -2.34. The Balaban J connectivity index is 2.07. The summed E-state index contributed by atoms with van der Waals surface area (Å²) >= 11 is 3.41. The Labute approximate surface area is 234 Å². The molecular formula is C29H34BrN3O4S. The number of sulfonamides is 1. The van der Waals surface area contributed by atoms with Crippen LogP contribution in [0.4, 0.5) is 5.69 Å². The molecule has 0 heterocycles. The highest BCUT2D eigenvalue weighted by Gasteiger charge is 2.34. The van der Waals surface area contributed by atoms with E-state index in [1.165, 1.54) is 17.0 Å². The number of rotatable bonds is 11. The molecule has 202 valence electrons. The molecule has 7 nitrogen and oxygen atoms in total. The lowest BCUT2D eigenvalue weighted by Crippen LogP contribution is -2.53. The summed E-state index contributed by atoms with van der Waals surface area (Å²) in [5, 5.41) is 2.91. The molecule has 1 unspecified atom stereocenters. The molecule has 0 aliphatic carbocycles. The molecule has 38 heavy (non-hydrogen) atoms. The highest BCUT2D eigenvalue weighted by atomic mass is 79.9. The maximum absolute atomic E-state index is 14.0. The van der Waals surface area contributed by atoms with E-state index in [4.69, 9.17) is 0 Å². The molecule has 0 fully saturated rings. The van der Waals surface area contributed by atoms with Crippen LogP contribution in [-0.4, -0.2) is 43.8 Å². The number of hydrogen-bond donors (Lipinski definition) is 1. The fourth-order valence-corrected chi connectivity index (χ4v) is 5.97. The summed E-state index contributed by atoms with van der Waals surface area (Å²) in [6.07, 6.45) is 0.374. The van der Waals surface area contributed by atoms with Crippen LogP contribution in [0.1, 0.15) is 38.3 Å². The van der Waals surface area contributed by atoms with Crippen molar-refractivity contribution in [2.75, 3.05) is 10.8 Å². The normalized spacial score (nSPS) is 12.2. The van der Waals surface area contributed by atoms with E-state index in [2.05, 4.69) is 21.2 Å². The van der Waals surface area contributed by atoms with Gasteiger partial charge in [0.25, 0.3) is 10.0 Å². The van der Waals surface area contributed by atoms with Crippen molar-refractivity contribution in [3.05, 3.63) is 94.5 Å². The lowest BCUT2D eigenvalue weighted by molar-refractivity contribution is -0.140. The number of nitrogens with zero attached hydrogens (tertiary/aromatic N) is 2. The van der Waals surface area contributed by atoms with Crippen LogP contribution in [0, 0.1) is 6.92 Å². The first-order valence-electron chi connectivity index (χ1n) is 12.5. The quantitative estimate of drug-likeness (QED) is 0.324. The minimum Gasteiger partial charge on any atom is -0.352 e. The second-order valence-electron chi connectivity index (χ2n) is 9.34. The second-order valence-corrected chi connectivity index (χ2v) is 12.1. The summed E-state index contributed by atoms with van der Waals surface area (Å²) in [5.74, 6) is -0.747. The molecule has 2 amide bonds. The predicted octanol–water partition coefficient (Wildman–Crippen LogP) is 5.28. The fraction of sp³-hybridized carbons (Fsp3) is 0.310. The van der Waals surface area contributed by atoms with Crippen LogP contribution in [0.5, 0.6) is 0 Å². The number of halogens is 1. The van der Waals surface area contributed by atoms with E-state index in [0.29, 0.717) is 16.6 Å².